The van der Waals surface area contributed by atoms with E-state index in [-0.39, 0.29) is 17.5 Å². The van der Waals surface area contributed by atoms with Crippen LogP contribution >= 0.6 is 0 Å². The Kier molecular flexibility index (Phi) is 5.01. The monoisotopic (exact) mass is 287 g/mol. The number of hydrogen-bond donors (Lipinski definition) is 4. The largest absolute Gasteiger partial charge is 0.382 e. The van der Waals surface area contributed by atoms with E-state index in [1.807, 2.05) is 0 Å². The number of carbonyl (C=O) groups is 1. The summed E-state index contributed by atoms with van der Waals surface area (Å²) in [5, 5.41) is 17.1. The van der Waals surface area contributed by atoms with E-state index in [1.165, 1.54) is 12.1 Å². The summed E-state index contributed by atoms with van der Waals surface area (Å²) in [5.41, 5.74) is 5.71. The number of aliphatic hydroxyl groups excluding tert-OH is 1. The maximum atomic E-state index is 11.1. The van der Waals surface area contributed by atoms with Gasteiger partial charge in [0.2, 0.25) is 15.9 Å². The molecule has 1 aromatic rings. The summed E-state index contributed by atoms with van der Waals surface area (Å²) in [7, 11) is -3.70. The van der Waals surface area contributed by atoms with Crippen molar-refractivity contribution >= 4 is 15.9 Å². The van der Waals surface area contributed by atoms with Crippen molar-refractivity contribution in [3.63, 3.8) is 0 Å². The number of amides is 1. The van der Waals surface area contributed by atoms with E-state index in [4.69, 9.17) is 10.9 Å². The number of primary sulfonamides is 1. The lowest BCUT2D eigenvalue weighted by Gasteiger charge is -2.16. The lowest BCUT2D eigenvalue weighted by molar-refractivity contribution is -0.125. The molecule has 0 aliphatic rings. The Morgan fingerprint density at radius 2 is 1.89 bits per heavy atom. The van der Waals surface area contributed by atoms with Crippen LogP contribution in [0.15, 0.2) is 29.2 Å². The lowest BCUT2D eigenvalue weighted by Crippen LogP contribution is -2.38. The molecule has 1 rings (SSSR count). The molecule has 2 unspecified atom stereocenters. The van der Waals surface area contributed by atoms with Crippen molar-refractivity contribution in [2.24, 2.45) is 10.9 Å². The maximum absolute atomic E-state index is 11.1. The van der Waals surface area contributed by atoms with Crippen LogP contribution in [0.25, 0.3) is 0 Å². The van der Waals surface area contributed by atoms with Crippen LogP contribution in [0.2, 0.25) is 0 Å². The molecule has 0 aliphatic heterocycles. The smallest absolute Gasteiger partial charge is 0.247 e. The Morgan fingerprint density at radius 1 is 1.37 bits per heavy atom. The fraction of sp³-hybridized carbons (Fsp3) is 0.364. The van der Waals surface area contributed by atoms with Crippen LogP contribution in [0, 0.1) is 0 Å². The Morgan fingerprint density at radius 3 is 2.32 bits per heavy atom. The minimum Gasteiger partial charge on any atom is -0.382 e. The zero-order valence-electron chi connectivity index (χ0n) is 10.4. The van der Waals surface area contributed by atoms with Crippen LogP contribution in [-0.2, 0) is 14.8 Å². The van der Waals surface area contributed by atoms with Crippen LogP contribution in [0.1, 0.15) is 18.5 Å². The molecule has 0 heterocycles. The Hall–Kier alpha value is -1.48. The number of rotatable bonds is 6. The van der Waals surface area contributed by atoms with Crippen molar-refractivity contribution in [1.29, 1.82) is 0 Å². The number of nitrogens with one attached hydrogen (secondary N) is 1. The van der Waals surface area contributed by atoms with Gasteiger partial charge in [-0.2, -0.15) is 0 Å². The van der Waals surface area contributed by atoms with E-state index in [0.717, 1.165) is 5.56 Å². The number of aliphatic hydroxyl groups is 1. The summed E-state index contributed by atoms with van der Waals surface area (Å²) in [6.45, 7) is 1.83. The van der Waals surface area contributed by atoms with E-state index in [2.05, 4.69) is 5.32 Å². The van der Waals surface area contributed by atoms with Crippen LogP contribution < -0.4 is 16.2 Å². The first kappa shape index (κ1) is 15.6. The van der Waals surface area contributed by atoms with E-state index >= 15 is 0 Å². The van der Waals surface area contributed by atoms with Gasteiger partial charge in [-0.15, -0.1) is 0 Å². The second-order valence-electron chi connectivity index (χ2n) is 4.16. The highest BCUT2D eigenvalue weighted by Crippen LogP contribution is 2.15. The second kappa shape index (κ2) is 6.11. The number of benzene rings is 1. The van der Waals surface area contributed by atoms with E-state index in [9.17, 15) is 18.3 Å². The van der Waals surface area contributed by atoms with Crippen molar-refractivity contribution in [2.75, 3.05) is 6.54 Å². The summed E-state index contributed by atoms with van der Waals surface area (Å²) < 4.78 is 22.2. The van der Waals surface area contributed by atoms with Gasteiger partial charge >= 0.3 is 0 Å². The summed E-state index contributed by atoms with van der Waals surface area (Å²) >= 11 is 0. The summed E-state index contributed by atoms with van der Waals surface area (Å²) in [6, 6.07) is 5.83. The van der Waals surface area contributed by atoms with E-state index in [0.29, 0.717) is 0 Å². The van der Waals surface area contributed by atoms with Crippen molar-refractivity contribution in [3.05, 3.63) is 29.8 Å². The molecule has 19 heavy (non-hydrogen) atoms. The summed E-state index contributed by atoms with van der Waals surface area (Å²) in [5.74, 6) is -0.802. The number of hydrogen-bond acceptors (Lipinski definition) is 5. The molecule has 1 amide bonds. The van der Waals surface area contributed by atoms with Crippen LogP contribution in [0.5, 0.6) is 0 Å². The predicted molar refractivity (Wildman–Crippen MR) is 69.4 cm³/mol. The van der Waals surface area contributed by atoms with Gasteiger partial charge in [-0.1, -0.05) is 12.1 Å². The molecule has 0 spiro atoms. The lowest BCUT2D eigenvalue weighted by atomic mass is 10.1. The average Bonchev–Trinajstić information content (AvgIpc) is 2.34. The molecule has 0 aliphatic carbocycles. The average molecular weight is 287 g/mol. The van der Waals surface area contributed by atoms with Crippen LogP contribution in [0.4, 0.5) is 0 Å². The highest BCUT2D eigenvalue weighted by molar-refractivity contribution is 7.89. The molecule has 0 aromatic heterocycles. The molecule has 8 heteroatoms. The quantitative estimate of drug-likeness (QED) is 0.523. The van der Waals surface area contributed by atoms with Gasteiger partial charge in [0.1, 0.15) is 6.10 Å². The molecular formula is C11H17N3O4S. The topological polar surface area (TPSA) is 136 Å². The van der Waals surface area contributed by atoms with Gasteiger partial charge in [0, 0.05) is 12.6 Å². The van der Waals surface area contributed by atoms with Crippen molar-refractivity contribution in [2.45, 2.75) is 24.0 Å². The van der Waals surface area contributed by atoms with Crippen molar-refractivity contribution < 1.29 is 18.3 Å². The van der Waals surface area contributed by atoms with Gasteiger partial charge < -0.3 is 16.2 Å². The molecule has 0 saturated carbocycles. The molecular weight excluding hydrogens is 270 g/mol. The molecule has 7 nitrogen and oxygen atoms in total. The highest BCUT2D eigenvalue weighted by atomic mass is 32.2. The first-order valence-corrected chi connectivity index (χ1v) is 7.10. The molecule has 0 radical (unpaired) electrons. The van der Waals surface area contributed by atoms with E-state index < -0.39 is 22.0 Å². The molecule has 2 atom stereocenters. The second-order valence-corrected chi connectivity index (χ2v) is 5.72. The Bertz CT molecular complexity index is 542. The maximum Gasteiger partial charge on any atom is 0.247 e. The van der Waals surface area contributed by atoms with Gasteiger partial charge in [0.25, 0.3) is 0 Å². The predicted octanol–water partition coefficient (Wildman–Crippen LogP) is -1.17. The molecule has 0 bridgehead atoms. The third kappa shape index (κ3) is 4.60. The van der Waals surface area contributed by atoms with Gasteiger partial charge in [-0.05, 0) is 24.6 Å². The number of nitrogens with two attached hydrogens (primary N) is 2. The first-order valence-electron chi connectivity index (χ1n) is 5.55. The third-order valence-corrected chi connectivity index (χ3v) is 3.58. The van der Waals surface area contributed by atoms with Crippen LogP contribution in [-0.4, -0.2) is 32.1 Å². The molecule has 0 saturated heterocycles. The number of carbonyl (C=O) groups excluding carboxylic acids is 1. The minimum absolute atomic E-state index is 0.0213. The van der Waals surface area contributed by atoms with Gasteiger partial charge in [0.05, 0.1) is 4.90 Å². The molecule has 106 valence electrons. The number of sulfonamides is 1. The molecule has 1 aromatic carbocycles. The minimum atomic E-state index is -3.70. The van der Waals surface area contributed by atoms with Crippen LogP contribution in [0.3, 0.4) is 0 Å². The van der Waals surface area contributed by atoms with Gasteiger partial charge in [-0.3, -0.25) is 4.79 Å². The summed E-state index contributed by atoms with van der Waals surface area (Å²) in [4.78, 5) is 10.7. The van der Waals surface area contributed by atoms with Gasteiger partial charge in [0.15, 0.2) is 0 Å². The first-order chi connectivity index (χ1) is 8.71. The molecule has 6 N–H and O–H groups in total. The summed E-state index contributed by atoms with van der Waals surface area (Å²) in [6.07, 6.45) is -1.26. The fourth-order valence-electron chi connectivity index (χ4n) is 1.45. The number of primary amides is 1. The van der Waals surface area contributed by atoms with Gasteiger partial charge in [-0.25, -0.2) is 13.6 Å². The standard InChI is InChI=1S/C11H17N3O4S/c1-7(14-6-10(15)11(12)16)8-2-4-9(5-3-8)19(13,17)18/h2-5,7,10,14-15H,6H2,1H3,(H2,12,16)(H2,13,17,18). The SMILES string of the molecule is CC(NCC(O)C(N)=O)c1ccc(S(N)(=O)=O)cc1. The Labute approximate surface area is 111 Å². The Balaban J connectivity index is 2.68. The zero-order chi connectivity index (χ0) is 14.6. The zero-order valence-corrected chi connectivity index (χ0v) is 11.2. The third-order valence-electron chi connectivity index (χ3n) is 2.65. The van der Waals surface area contributed by atoms with Crippen molar-refractivity contribution in [3.8, 4) is 0 Å². The van der Waals surface area contributed by atoms with E-state index in [1.54, 1.807) is 19.1 Å². The highest BCUT2D eigenvalue weighted by Gasteiger charge is 2.13. The molecule has 0 fully saturated rings. The normalized spacial score (nSPS) is 14.9. The fourth-order valence-corrected chi connectivity index (χ4v) is 1.97. The van der Waals surface area contributed by atoms with Crippen molar-refractivity contribution in [1.82, 2.24) is 5.32 Å².